The average molecular weight is 324 g/mol. The Hall–Kier alpha value is -2.88. The highest BCUT2D eigenvalue weighted by molar-refractivity contribution is 5.87. The first kappa shape index (κ1) is 16.0. The molecule has 0 radical (unpaired) electrons. The van der Waals surface area contributed by atoms with Crippen molar-refractivity contribution >= 4 is 17.0 Å². The summed E-state index contributed by atoms with van der Waals surface area (Å²) in [5.41, 5.74) is 2.72. The lowest BCUT2D eigenvalue weighted by Crippen LogP contribution is -1.94. The number of benzene rings is 2. The van der Waals surface area contributed by atoms with Crippen molar-refractivity contribution in [3.63, 3.8) is 0 Å². The Morgan fingerprint density at radius 3 is 2.17 bits per heavy atom. The smallest absolute Gasteiger partial charge is 0.142 e. The minimum atomic E-state index is 0.638. The molecule has 4 heteroatoms. The quantitative estimate of drug-likeness (QED) is 0.650. The Bertz CT molecular complexity index is 865. The van der Waals surface area contributed by atoms with Gasteiger partial charge in [0, 0.05) is 17.5 Å². The highest BCUT2D eigenvalue weighted by Gasteiger charge is 2.19. The van der Waals surface area contributed by atoms with Gasteiger partial charge in [-0.3, -0.25) is 0 Å². The Labute approximate surface area is 141 Å². The fraction of sp³-hybridized carbons (Fsp3) is 0.200. The van der Waals surface area contributed by atoms with Gasteiger partial charge in [-0.1, -0.05) is 18.2 Å². The van der Waals surface area contributed by atoms with E-state index < -0.39 is 0 Å². The fourth-order valence-corrected chi connectivity index (χ4v) is 2.73. The summed E-state index contributed by atoms with van der Waals surface area (Å²) in [4.78, 5) is 0. The van der Waals surface area contributed by atoms with Crippen LogP contribution in [0.3, 0.4) is 0 Å². The van der Waals surface area contributed by atoms with Crippen molar-refractivity contribution in [1.82, 2.24) is 0 Å². The van der Waals surface area contributed by atoms with Crippen LogP contribution in [0.25, 0.3) is 28.4 Å². The molecule has 3 rings (SSSR count). The molecule has 1 aromatic heterocycles. The third kappa shape index (κ3) is 2.83. The molecule has 0 unspecified atom stereocenters. The first-order valence-electron chi connectivity index (χ1n) is 7.66. The Morgan fingerprint density at radius 1 is 0.875 bits per heavy atom. The van der Waals surface area contributed by atoms with Crippen molar-refractivity contribution in [1.29, 1.82) is 0 Å². The van der Waals surface area contributed by atoms with Gasteiger partial charge in [0.2, 0.25) is 0 Å². The molecule has 0 atom stereocenters. The topological polar surface area (TPSA) is 40.8 Å². The van der Waals surface area contributed by atoms with Gasteiger partial charge >= 0.3 is 0 Å². The second kappa shape index (κ2) is 6.71. The summed E-state index contributed by atoms with van der Waals surface area (Å²) in [5, 5.41) is 1.03. The first-order chi connectivity index (χ1) is 11.7. The third-order valence-corrected chi connectivity index (χ3v) is 3.86. The van der Waals surface area contributed by atoms with Crippen LogP contribution in [0.2, 0.25) is 0 Å². The zero-order valence-corrected chi connectivity index (χ0v) is 14.3. The Kier molecular flexibility index (Phi) is 4.47. The van der Waals surface area contributed by atoms with E-state index in [4.69, 9.17) is 18.6 Å². The van der Waals surface area contributed by atoms with Gasteiger partial charge in [-0.2, -0.15) is 0 Å². The van der Waals surface area contributed by atoms with Crippen LogP contribution >= 0.6 is 0 Å². The summed E-state index contributed by atoms with van der Waals surface area (Å²) in [6.07, 6.45) is 4.07. The van der Waals surface area contributed by atoms with E-state index in [0.29, 0.717) is 23.0 Å². The summed E-state index contributed by atoms with van der Waals surface area (Å²) in [6.45, 7) is 2.00. The lowest BCUT2D eigenvalue weighted by atomic mass is 10.1. The molecule has 24 heavy (non-hydrogen) atoms. The molecule has 0 aliphatic carbocycles. The largest absolute Gasteiger partial charge is 0.496 e. The maximum Gasteiger partial charge on any atom is 0.142 e. The van der Waals surface area contributed by atoms with Gasteiger partial charge in [0.1, 0.15) is 34.2 Å². The molecule has 2 aromatic carbocycles. The van der Waals surface area contributed by atoms with E-state index in [0.717, 1.165) is 22.1 Å². The van der Waals surface area contributed by atoms with E-state index in [9.17, 15) is 0 Å². The summed E-state index contributed by atoms with van der Waals surface area (Å²) < 4.78 is 22.3. The molecule has 0 saturated heterocycles. The molecular weight excluding hydrogens is 304 g/mol. The second-order valence-corrected chi connectivity index (χ2v) is 5.31. The van der Waals surface area contributed by atoms with Gasteiger partial charge < -0.3 is 18.6 Å². The average Bonchev–Trinajstić information content (AvgIpc) is 3.03. The summed E-state index contributed by atoms with van der Waals surface area (Å²) in [7, 11) is 4.84. The number of furan rings is 1. The lowest BCUT2D eigenvalue weighted by molar-refractivity contribution is 0.376. The maximum atomic E-state index is 6.02. The Morgan fingerprint density at radius 2 is 1.58 bits per heavy atom. The van der Waals surface area contributed by atoms with Crippen LogP contribution in [-0.2, 0) is 0 Å². The number of hydrogen-bond donors (Lipinski definition) is 0. The number of ether oxygens (including phenoxy) is 3. The van der Waals surface area contributed by atoms with E-state index in [1.54, 1.807) is 21.3 Å². The molecule has 1 heterocycles. The zero-order chi connectivity index (χ0) is 17.1. The van der Waals surface area contributed by atoms with Gasteiger partial charge in [0.25, 0.3) is 0 Å². The molecule has 3 aromatic rings. The summed E-state index contributed by atoms with van der Waals surface area (Å²) >= 11 is 0. The van der Waals surface area contributed by atoms with E-state index in [1.165, 1.54) is 0 Å². The molecule has 0 fully saturated rings. The maximum absolute atomic E-state index is 6.02. The highest BCUT2D eigenvalue weighted by atomic mass is 16.5. The molecule has 0 spiro atoms. The highest BCUT2D eigenvalue weighted by Crippen LogP contribution is 2.43. The second-order valence-electron chi connectivity index (χ2n) is 5.31. The van der Waals surface area contributed by atoms with Crippen LogP contribution in [0.15, 0.2) is 46.9 Å². The van der Waals surface area contributed by atoms with Crippen LogP contribution in [0.5, 0.6) is 17.2 Å². The number of fused-ring (bicyclic) bond motifs is 1. The fourth-order valence-electron chi connectivity index (χ4n) is 2.73. The van der Waals surface area contributed by atoms with Gasteiger partial charge in [0.05, 0.1) is 21.3 Å². The van der Waals surface area contributed by atoms with Crippen LogP contribution in [0, 0.1) is 0 Å². The molecule has 0 bridgehead atoms. The van der Waals surface area contributed by atoms with Crippen molar-refractivity contribution in [2.24, 2.45) is 0 Å². The monoisotopic (exact) mass is 324 g/mol. The number of hydrogen-bond acceptors (Lipinski definition) is 4. The Balaban J connectivity index is 2.19. The zero-order valence-electron chi connectivity index (χ0n) is 14.3. The van der Waals surface area contributed by atoms with Gasteiger partial charge in [-0.05, 0) is 30.7 Å². The predicted molar refractivity (Wildman–Crippen MR) is 96.0 cm³/mol. The van der Waals surface area contributed by atoms with Crippen LogP contribution < -0.4 is 14.2 Å². The minimum Gasteiger partial charge on any atom is -0.496 e. The van der Waals surface area contributed by atoms with E-state index in [1.807, 2.05) is 43.3 Å². The van der Waals surface area contributed by atoms with Gasteiger partial charge in [-0.15, -0.1) is 0 Å². The first-order valence-corrected chi connectivity index (χ1v) is 7.66. The van der Waals surface area contributed by atoms with Crippen LogP contribution in [-0.4, -0.2) is 21.3 Å². The molecule has 0 aliphatic rings. The lowest BCUT2D eigenvalue weighted by Gasteiger charge is -2.13. The van der Waals surface area contributed by atoms with Crippen LogP contribution in [0.4, 0.5) is 0 Å². The van der Waals surface area contributed by atoms with E-state index in [-0.39, 0.29) is 0 Å². The summed E-state index contributed by atoms with van der Waals surface area (Å²) in [6, 6.07) is 11.7. The molecular formula is C20H20O4. The van der Waals surface area contributed by atoms with Gasteiger partial charge in [0.15, 0.2) is 0 Å². The van der Waals surface area contributed by atoms with Crippen molar-refractivity contribution in [3.05, 3.63) is 48.0 Å². The minimum absolute atomic E-state index is 0.638. The number of methoxy groups -OCH3 is 3. The predicted octanol–water partition coefficient (Wildman–Crippen LogP) is 5.16. The van der Waals surface area contributed by atoms with Crippen molar-refractivity contribution in [2.45, 2.75) is 6.92 Å². The molecule has 4 nitrogen and oxygen atoms in total. The molecule has 0 N–H and O–H groups in total. The number of allylic oxidation sites excluding steroid dienone is 1. The third-order valence-electron chi connectivity index (χ3n) is 3.86. The SMILES string of the molecule is CC=Cc1ccc2oc(-c3c(OC)cc(OC)cc3OC)cc2c1. The molecule has 0 amide bonds. The van der Waals surface area contributed by atoms with Gasteiger partial charge in [-0.25, -0.2) is 0 Å². The van der Waals surface area contributed by atoms with Crippen LogP contribution in [0.1, 0.15) is 12.5 Å². The number of rotatable bonds is 5. The molecule has 0 aliphatic heterocycles. The van der Waals surface area contributed by atoms with Crippen molar-refractivity contribution < 1.29 is 18.6 Å². The molecule has 0 saturated carbocycles. The molecule has 124 valence electrons. The van der Waals surface area contributed by atoms with Crippen molar-refractivity contribution in [2.75, 3.05) is 21.3 Å². The van der Waals surface area contributed by atoms with E-state index >= 15 is 0 Å². The van der Waals surface area contributed by atoms with E-state index in [2.05, 4.69) is 12.1 Å². The summed E-state index contributed by atoms with van der Waals surface area (Å²) in [5.74, 6) is 2.63. The normalized spacial score (nSPS) is 11.2. The van der Waals surface area contributed by atoms with Crippen molar-refractivity contribution in [3.8, 4) is 28.6 Å². The standard InChI is InChI=1S/C20H20O4/c1-5-6-13-7-8-16-14(9-13)10-19(24-16)20-17(22-3)11-15(21-2)12-18(20)23-4/h5-12H,1-4H3.